The standard InChI is InChI=1S/C55H105NO5/c1-4-7-10-13-16-19-22-24-25-26-27-28-29-31-33-36-39-42-45-48-55(60)61-51(46-43-40-37-34-32-30-23-20-17-14-11-8-5-2)49-54(59)56-52(50-57)53(58)47-44-41-38-35-21-18-15-12-9-6-3/h17,20,23,30,51-53,57-58H,4-16,18-19,21-22,24-29,31-50H2,1-3H3,(H,56,59)/b20-17+,30-23+. The molecule has 1 amide bonds. The van der Waals surface area contributed by atoms with Gasteiger partial charge in [-0.05, 0) is 51.4 Å². The van der Waals surface area contributed by atoms with Crippen LogP contribution in [0.4, 0.5) is 0 Å². The molecule has 0 heterocycles. The van der Waals surface area contributed by atoms with Crippen LogP contribution in [0.5, 0.6) is 0 Å². The highest BCUT2D eigenvalue weighted by molar-refractivity contribution is 5.77. The summed E-state index contributed by atoms with van der Waals surface area (Å²) in [6, 6.07) is -0.703. The van der Waals surface area contributed by atoms with Gasteiger partial charge in [0.2, 0.25) is 5.91 Å². The fraction of sp³-hybridized carbons (Fsp3) is 0.891. The first kappa shape index (κ1) is 59.3. The molecule has 0 fully saturated rings. The summed E-state index contributed by atoms with van der Waals surface area (Å²) in [6.45, 7) is 6.46. The molecule has 3 N–H and O–H groups in total. The van der Waals surface area contributed by atoms with Gasteiger partial charge in [0.05, 0.1) is 25.2 Å². The van der Waals surface area contributed by atoms with E-state index in [1.165, 1.54) is 167 Å². The number of unbranched alkanes of at least 4 members (excludes halogenated alkanes) is 34. The van der Waals surface area contributed by atoms with Gasteiger partial charge in [-0.15, -0.1) is 0 Å². The summed E-state index contributed by atoms with van der Waals surface area (Å²) >= 11 is 0. The Balaban J connectivity index is 4.48. The quantitative estimate of drug-likeness (QED) is 0.0322. The second kappa shape index (κ2) is 49.4. The SMILES string of the molecule is CCCCC/C=C/C=C/CCCCCCC(CC(=O)NC(CO)C(O)CCCCCCCCCCCC)OC(=O)CCCCCCCCCCCCCCCCCCCCC. The number of hydrogen-bond acceptors (Lipinski definition) is 5. The van der Waals surface area contributed by atoms with Gasteiger partial charge in [-0.2, -0.15) is 0 Å². The maximum atomic E-state index is 13.2. The third kappa shape index (κ3) is 44.7. The van der Waals surface area contributed by atoms with Crippen molar-refractivity contribution < 1.29 is 24.5 Å². The fourth-order valence-electron chi connectivity index (χ4n) is 8.42. The maximum Gasteiger partial charge on any atom is 0.306 e. The largest absolute Gasteiger partial charge is 0.462 e. The summed E-state index contributed by atoms with van der Waals surface area (Å²) < 4.78 is 5.94. The normalized spacial score (nSPS) is 13.3. The highest BCUT2D eigenvalue weighted by Crippen LogP contribution is 2.18. The molecule has 3 unspecified atom stereocenters. The maximum absolute atomic E-state index is 13.2. The van der Waals surface area contributed by atoms with E-state index in [1.54, 1.807) is 0 Å². The molecule has 6 heteroatoms. The molecule has 0 saturated heterocycles. The molecule has 0 bridgehead atoms. The third-order valence-corrected chi connectivity index (χ3v) is 12.6. The highest BCUT2D eigenvalue weighted by atomic mass is 16.5. The second-order valence-corrected chi connectivity index (χ2v) is 18.7. The van der Waals surface area contributed by atoms with Crippen molar-refractivity contribution in [2.24, 2.45) is 0 Å². The molecule has 0 aromatic heterocycles. The van der Waals surface area contributed by atoms with Crippen molar-refractivity contribution >= 4 is 11.9 Å². The first-order valence-electron chi connectivity index (χ1n) is 27.1. The minimum Gasteiger partial charge on any atom is -0.462 e. The lowest BCUT2D eigenvalue weighted by atomic mass is 10.0. The minimum atomic E-state index is -0.788. The average molecular weight is 860 g/mol. The van der Waals surface area contributed by atoms with Crippen LogP contribution >= 0.6 is 0 Å². The van der Waals surface area contributed by atoms with Crippen molar-refractivity contribution in [3.63, 3.8) is 0 Å². The lowest BCUT2D eigenvalue weighted by molar-refractivity contribution is -0.151. The number of carbonyl (C=O) groups is 2. The number of nitrogens with one attached hydrogen (secondary N) is 1. The second-order valence-electron chi connectivity index (χ2n) is 18.7. The van der Waals surface area contributed by atoms with Crippen molar-refractivity contribution in [1.29, 1.82) is 0 Å². The number of allylic oxidation sites excluding steroid dienone is 4. The minimum absolute atomic E-state index is 0.0692. The number of hydrogen-bond donors (Lipinski definition) is 3. The van der Waals surface area contributed by atoms with Gasteiger partial charge in [0, 0.05) is 6.42 Å². The molecule has 61 heavy (non-hydrogen) atoms. The predicted molar refractivity (Wildman–Crippen MR) is 264 cm³/mol. The van der Waals surface area contributed by atoms with Crippen molar-refractivity contribution in [3.8, 4) is 0 Å². The van der Waals surface area contributed by atoms with E-state index in [-0.39, 0.29) is 24.9 Å². The lowest BCUT2D eigenvalue weighted by Crippen LogP contribution is -2.46. The highest BCUT2D eigenvalue weighted by Gasteiger charge is 2.24. The lowest BCUT2D eigenvalue weighted by Gasteiger charge is -2.24. The Morgan fingerprint density at radius 1 is 0.475 bits per heavy atom. The van der Waals surface area contributed by atoms with Gasteiger partial charge in [-0.3, -0.25) is 9.59 Å². The van der Waals surface area contributed by atoms with Crippen LogP contribution in [0.2, 0.25) is 0 Å². The molecule has 0 aliphatic carbocycles. The number of ether oxygens (including phenoxy) is 1. The molecule has 0 radical (unpaired) electrons. The van der Waals surface area contributed by atoms with E-state index in [4.69, 9.17) is 4.74 Å². The van der Waals surface area contributed by atoms with E-state index in [1.807, 2.05) is 0 Å². The van der Waals surface area contributed by atoms with E-state index < -0.39 is 18.2 Å². The molecule has 6 nitrogen and oxygen atoms in total. The first-order chi connectivity index (χ1) is 30.0. The Labute approximate surface area is 380 Å². The third-order valence-electron chi connectivity index (χ3n) is 12.6. The Bertz CT molecular complexity index is 966. The van der Waals surface area contributed by atoms with Crippen molar-refractivity contribution in [2.45, 2.75) is 309 Å². The molecule has 0 aromatic carbocycles. The van der Waals surface area contributed by atoms with Gasteiger partial charge in [-0.25, -0.2) is 0 Å². The topological polar surface area (TPSA) is 95.9 Å². The van der Waals surface area contributed by atoms with Crippen LogP contribution in [-0.4, -0.2) is 46.9 Å². The Morgan fingerprint density at radius 3 is 1.25 bits per heavy atom. The smallest absolute Gasteiger partial charge is 0.306 e. The zero-order valence-corrected chi connectivity index (χ0v) is 41.1. The van der Waals surface area contributed by atoms with Crippen LogP contribution in [0.1, 0.15) is 290 Å². The van der Waals surface area contributed by atoms with Gasteiger partial charge < -0.3 is 20.3 Å². The zero-order valence-electron chi connectivity index (χ0n) is 41.1. The molecular weight excluding hydrogens is 755 g/mol. The van der Waals surface area contributed by atoms with Gasteiger partial charge in [0.25, 0.3) is 0 Å². The fourth-order valence-corrected chi connectivity index (χ4v) is 8.42. The Morgan fingerprint density at radius 2 is 0.820 bits per heavy atom. The number of rotatable bonds is 49. The van der Waals surface area contributed by atoms with Gasteiger partial charge in [-0.1, -0.05) is 251 Å². The van der Waals surface area contributed by atoms with E-state index in [9.17, 15) is 19.8 Å². The number of amides is 1. The Hall–Kier alpha value is -1.66. The van der Waals surface area contributed by atoms with Crippen molar-refractivity contribution in [2.75, 3.05) is 6.61 Å². The summed E-state index contributed by atoms with van der Waals surface area (Å²) in [5, 5.41) is 23.7. The number of aliphatic hydroxyl groups excluding tert-OH is 2. The van der Waals surface area contributed by atoms with Crippen molar-refractivity contribution in [3.05, 3.63) is 24.3 Å². The van der Waals surface area contributed by atoms with E-state index in [0.717, 1.165) is 77.0 Å². The molecular formula is C55H105NO5. The van der Waals surface area contributed by atoms with Crippen LogP contribution in [0, 0.1) is 0 Å². The summed E-state index contributed by atoms with van der Waals surface area (Å²) in [5.74, 6) is -0.479. The summed E-state index contributed by atoms with van der Waals surface area (Å²) in [7, 11) is 0. The summed E-state index contributed by atoms with van der Waals surface area (Å²) in [4.78, 5) is 26.2. The van der Waals surface area contributed by atoms with Crippen LogP contribution in [0.3, 0.4) is 0 Å². The molecule has 0 aliphatic rings. The number of carbonyl (C=O) groups excluding carboxylic acids is 2. The molecule has 0 rings (SSSR count). The van der Waals surface area contributed by atoms with Crippen LogP contribution in [0.15, 0.2) is 24.3 Å². The Kier molecular flexibility index (Phi) is 48.0. The first-order valence-corrected chi connectivity index (χ1v) is 27.1. The van der Waals surface area contributed by atoms with Crippen LogP contribution in [-0.2, 0) is 14.3 Å². The molecule has 0 saturated carbocycles. The van der Waals surface area contributed by atoms with Crippen LogP contribution < -0.4 is 5.32 Å². The molecule has 0 aliphatic heterocycles. The van der Waals surface area contributed by atoms with Crippen LogP contribution in [0.25, 0.3) is 0 Å². The van der Waals surface area contributed by atoms with Gasteiger partial charge >= 0.3 is 5.97 Å². The molecule has 360 valence electrons. The summed E-state index contributed by atoms with van der Waals surface area (Å²) in [5.41, 5.74) is 0. The van der Waals surface area contributed by atoms with Gasteiger partial charge in [0.15, 0.2) is 0 Å². The van der Waals surface area contributed by atoms with E-state index >= 15 is 0 Å². The molecule has 0 aromatic rings. The van der Waals surface area contributed by atoms with E-state index in [2.05, 4.69) is 50.4 Å². The van der Waals surface area contributed by atoms with Crippen molar-refractivity contribution in [1.82, 2.24) is 5.32 Å². The predicted octanol–water partition coefficient (Wildman–Crippen LogP) is 16.3. The zero-order chi connectivity index (χ0) is 44.5. The average Bonchev–Trinajstić information content (AvgIpc) is 3.25. The van der Waals surface area contributed by atoms with Gasteiger partial charge in [0.1, 0.15) is 6.10 Å². The van der Waals surface area contributed by atoms with E-state index in [0.29, 0.717) is 19.3 Å². The number of esters is 1. The summed E-state index contributed by atoms with van der Waals surface area (Å²) in [6.07, 6.45) is 56.7. The molecule has 3 atom stereocenters. The number of aliphatic hydroxyl groups is 2. The monoisotopic (exact) mass is 860 g/mol. The molecule has 0 spiro atoms.